The Morgan fingerprint density at radius 2 is 1.23 bits per heavy atom. The number of hydrogen-bond acceptors (Lipinski definition) is 6. The summed E-state index contributed by atoms with van der Waals surface area (Å²) in [7, 11) is 8.38. The first-order chi connectivity index (χ1) is 14.6. The van der Waals surface area contributed by atoms with Gasteiger partial charge < -0.3 is 28.6 Å². The van der Waals surface area contributed by atoms with Crippen LogP contribution in [0.3, 0.4) is 0 Å². The minimum atomic E-state index is 0.453. The molecule has 0 bridgehead atoms. The molecule has 0 unspecified atom stereocenters. The highest BCUT2D eigenvalue weighted by Crippen LogP contribution is 2.43. The molecule has 0 aliphatic rings. The van der Waals surface area contributed by atoms with Crippen LogP contribution in [0.25, 0.3) is 0 Å². The van der Waals surface area contributed by atoms with Crippen LogP contribution in [-0.2, 0) is 6.61 Å². The quantitative estimate of drug-likeness (QED) is 0.492. The number of ether oxygens (including phenoxy) is 5. The summed E-state index contributed by atoms with van der Waals surface area (Å²) in [5.74, 6) is 3.07. The smallest absolute Gasteiger partial charge is 0.203 e. The number of rotatable bonds is 9. The minimum absolute atomic E-state index is 0.453. The number of methoxy groups -OCH3 is 4. The van der Waals surface area contributed by atoms with Crippen molar-refractivity contribution < 1.29 is 23.7 Å². The van der Waals surface area contributed by atoms with Gasteiger partial charge in [0.15, 0.2) is 23.0 Å². The summed E-state index contributed by atoms with van der Waals surface area (Å²) in [4.78, 5) is 2.01. The van der Waals surface area contributed by atoms with E-state index in [9.17, 15) is 0 Å². The maximum Gasteiger partial charge on any atom is 0.203 e. The molecule has 0 aliphatic heterocycles. The van der Waals surface area contributed by atoms with Crippen molar-refractivity contribution in [3.8, 4) is 28.7 Å². The van der Waals surface area contributed by atoms with Crippen LogP contribution in [0.5, 0.6) is 28.7 Å². The normalized spacial score (nSPS) is 10.3. The summed E-state index contributed by atoms with van der Waals surface area (Å²) in [5, 5.41) is 0. The van der Waals surface area contributed by atoms with Crippen LogP contribution in [0, 0.1) is 0 Å². The van der Waals surface area contributed by atoms with Gasteiger partial charge in [0.05, 0.1) is 28.4 Å². The van der Waals surface area contributed by atoms with E-state index in [1.54, 1.807) is 28.4 Å². The van der Waals surface area contributed by atoms with Gasteiger partial charge in [0, 0.05) is 36.6 Å². The van der Waals surface area contributed by atoms with Crippen molar-refractivity contribution in [1.82, 2.24) is 0 Å². The number of anilines is 2. The fourth-order valence-corrected chi connectivity index (χ4v) is 3.13. The zero-order chi connectivity index (χ0) is 21.5. The molecule has 158 valence electrons. The van der Waals surface area contributed by atoms with E-state index >= 15 is 0 Å². The number of benzene rings is 3. The lowest BCUT2D eigenvalue weighted by atomic mass is 10.2. The van der Waals surface area contributed by atoms with Crippen LogP contribution in [-0.4, -0.2) is 35.5 Å². The van der Waals surface area contributed by atoms with Crippen LogP contribution in [0.2, 0.25) is 0 Å². The van der Waals surface area contributed by atoms with Gasteiger partial charge in [-0.3, -0.25) is 0 Å². The zero-order valence-electron chi connectivity index (χ0n) is 18.0. The molecule has 6 heteroatoms. The molecule has 0 saturated carbocycles. The van der Waals surface area contributed by atoms with Crippen molar-refractivity contribution in [3.05, 3.63) is 66.2 Å². The van der Waals surface area contributed by atoms with Gasteiger partial charge in [-0.25, -0.2) is 0 Å². The zero-order valence-corrected chi connectivity index (χ0v) is 18.0. The molecule has 0 amide bonds. The summed E-state index contributed by atoms with van der Waals surface area (Å²) < 4.78 is 27.9. The van der Waals surface area contributed by atoms with Crippen LogP contribution < -0.4 is 28.6 Å². The highest BCUT2D eigenvalue weighted by molar-refractivity contribution is 5.71. The first-order valence-electron chi connectivity index (χ1n) is 9.49. The number of hydrogen-bond donors (Lipinski definition) is 0. The average molecular weight is 409 g/mol. The van der Waals surface area contributed by atoms with Crippen molar-refractivity contribution in [1.29, 1.82) is 0 Å². The van der Waals surface area contributed by atoms with E-state index in [-0.39, 0.29) is 0 Å². The average Bonchev–Trinajstić information content (AvgIpc) is 2.81. The first kappa shape index (κ1) is 21.2. The van der Waals surface area contributed by atoms with Crippen molar-refractivity contribution in [2.45, 2.75) is 6.61 Å². The Kier molecular flexibility index (Phi) is 6.91. The van der Waals surface area contributed by atoms with E-state index in [0.29, 0.717) is 35.4 Å². The topological polar surface area (TPSA) is 49.4 Å². The molecular formula is C24H27NO5. The minimum Gasteiger partial charge on any atom is -0.493 e. The third kappa shape index (κ3) is 4.54. The van der Waals surface area contributed by atoms with Crippen molar-refractivity contribution >= 4 is 11.4 Å². The maximum atomic E-state index is 6.05. The Hall–Kier alpha value is -3.54. The predicted octanol–water partition coefficient (Wildman–Crippen LogP) is 5.07. The molecule has 3 aromatic carbocycles. The summed E-state index contributed by atoms with van der Waals surface area (Å²) in [5.41, 5.74) is 2.89. The van der Waals surface area contributed by atoms with Gasteiger partial charge in [-0.1, -0.05) is 30.3 Å². The Morgan fingerprint density at radius 1 is 0.633 bits per heavy atom. The third-order valence-electron chi connectivity index (χ3n) is 4.81. The van der Waals surface area contributed by atoms with Crippen LogP contribution >= 0.6 is 0 Å². The Balaban J connectivity index is 1.91. The first-order valence-corrected chi connectivity index (χ1v) is 9.49. The molecule has 0 radical (unpaired) electrons. The lowest BCUT2D eigenvalue weighted by molar-refractivity contribution is 0.284. The number of nitrogens with zero attached hydrogens (tertiary/aromatic N) is 1. The maximum absolute atomic E-state index is 6.05. The second-order valence-corrected chi connectivity index (χ2v) is 6.55. The highest BCUT2D eigenvalue weighted by Gasteiger charge is 2.17. The van der Waals surface area contributed by atoms with Crippen molar-refractivity contribution in [3.63, 3.8) is 0 Å². The Morgan fingerprint density at radius 3 is 1.80 bits per heavy atom. The molecule has 0 spiro atoms. The van der Waals surface area contributed by atoms with Gasteiger partial charge in [0.25, 0.3) is 0 Å². The van der Waals surface area contributed by atoms with Gasteiger partial charge in [0.2, 0.25) is 5.75 Å². The van der Waals surface area contributed by atoms with E-state index in [0.717, 1.165) is 16.9 Å². The fraction of sp³-hybridized carbons (Fsp3) is 0.250. The highest BCUT2D eigenvalue weighted by atomic mass is 16.5. The predicted molar refractivity (Wildman–Crippen MR) is 118 cm³/mol. The molecule has 6 nitrogen and oxygen atoms in total. The van der Waals surface area contributed by atoms with Crippen molar-refractivity contribution in [2.24, 2.45) is 0 Å². The molecule has 3 aromatic rings. The largest absolute Gasteiger partial charge is 0.493 e. The van der Waals surface area contributed by atoms with Gasteiger partial charge in [-0.15, -0.1) is 0 Å². The molecule has 0 heterocycles. The van der Waals surface area contributed by atoms with Crippen molar-refractivity contribution in [2.75, 3.05) is 40.4 Å². The van der Waals surface area contributed by atoms with E-state index in [2.05, 4.69) is 0 Å². The molecule has 3 rings (SSSR count). The van der Waals surface area contributed by atoms with Crippen LogP contribution in [0.4, 0.5) is 11.4 Å². The lowest BCUT2D eigenvalue weighted by Gasteiger charge is -2.23. The van der Waals surface area contributed by atoms with E-state index in [1.807, 2.05) is 72.6 Å². The molecule has 30 heavy (non-hydrogen) atoms. The molecule has 0 aromatic heterocycles. The molecule has 0 N–H and O–H groups in total. The van der Waals surface area contributed by atoms with E-state index in [1.165, 1.54) is 0 Å². The fourth-order valence-electron chi connectivity index (χ4n) is 3.13. The summed E-state index contributed by atoms with van der Waals surface area (Å²) in [6.45, 7) is 0.453. The van der Waals surface area contributed by atoms with E-state index in [4.69, 9.17) is 23.7 Å². The summed E-state index contributed by atoms with van der Waals surface area (Å²) in [6, 6.07) is 19.6. The molecular weight excluding hydrogens is 382 g/mol. The molecule has 0 atom stereocenters. The van der Waals surface area contributed by atoms with Crippen LogP contribution in [0.15, 0.2) is 60.7 Å². The SMILES string of the molecule is COc1ccc(N(C)c2cc(OC)c(OC)c(OC)c2)cc1OCc1ccccc1. The van der Waals surface area contributed by atoms with E-state index < -0.39 is 0 Å². The third-order valence-corrected chi connectivity index (χ3v) is 4.81. The Bertz CT molecular complexity index is 950. The standard InChI is InChI=1S/C24H27NO5/c1-25(19-14-22(27-3)24(29-5)23(15-19)28-4)18-11-12-20(26-2)21(13-18)30-16-17-9-7-6-8-10-17/h6-15H,16H2,1-5H3. The monoisotopic (exact) mass is 409 g/mol. The Labute approximate surface area is 177 Å². The van der Waals surface area contributed by atoms with Gasteiger partial charge in [-0.05, 0) is 17.7 Å². The second kappa shape index (κ2) is 9.78. The van der Waals surface area contributed by atoms with Crippen LogP contribution in [0.1, 0.15) is 5.56 Å². The summed E-state index contributed by atoms with van der Waals surface area (Å²) in [6.07, 6.45) is 0. The lowest BCUT2D eigenvalue weighted by Crippen LogP contribution is -2.11. The molecule has 0 aliphatic carbocycles. The van der Waals surface area contributed by atoms with Gasteiger partial charge in [0.1, 0.15) is 6.61 Å². The molecule has 0 fully saturated rings. The van der Waals surface area contributed by atoms with Gasteiger partial charge in [-0.2, -0.15) is 0 Å². The molecule has 0 saturated heterocycles. The summed E-state index contributed by atoms with van der Waals surface area (Å²) >= 11 is 0. The van der Waals surface area contributed by atoms with Gasteiger partial charge >= 0.3 is 0 Å². The second-order valence-electron chi connectivity index (χ2n) is 6.55.